The number of alkyl halides is 2. The van der Waals surface area contributed by atoms with Gasteiger partial charge in [-0.3, -0.25) is 0 Å². The number of halogens is 5. The number of hydrogen-bond acceptors (Lipinski definition) is 3. The van der Waals surface area contributed by atoms with Gasteiger partial charge in [0, 0.05) is 21.4 Å². The Balaban J connectivity index is 3.56. The molecule has 0 atom stereocenters. The number of aromatic nitrogens is 1. The molecule has 0 bridgehead atoms. The molecule has 0 aromatic carbocycles. The normalized spacial score (nSPS) is 12.1. The number of rotatable bonds is 2. The minimum absolute atomic E-state index is 0.320. The van der Waals surface area contributed by atoms with Crippen LogP contribution < -0.4 is 0 Å². The van der Waals surface area contributed by atoms with Crippen molar-refractivity contribution < 1.29 is 21.6 Å². The van der Waals surface area contributed by atoms with Crippen molar-refractivity contribution in [3.63, 3.8) is 0 Å². The molecule has 1 aromatic rings. The molecule has 0 radical (unpaired) electrons. The second-order valence-corrected chi connectivity index (χ2v) is 5.71. The van der Waals surface area contributed by atoms with Gasteiger partial charge in [0.15, 0.2) is 5.82 Å². The Labute approximate surface area is 95.8 Å². The fourth-order valence-corrected chi connectivity index (χ4v) is 2.11. The molecule has 84 valence electrons. The molecule has 0 saturated heterocycles. The van der Waals surface area contributed by atoms with Crippen molar-refractivity contribution in [1.29, 1.82) is 0 Å². The lowest BCUT2D eigenvalue weighted by Crippen LogP contribution is -2.04. The zero-order valence-electron chi connectivity index (χ0n) is 6.72. The van der Waals surface area contributed by atoms with Gasteiger partial charge in [0.25, 0.3) is 15.5 Å². The maximum absolute atomic E-state index is 13.2. The van der Waals surface area contributed by atoms with E-state index in [0.717, 1.165) is 6.20 Å². The van der Waals surface area contributed by atoms with Crippen molar-refractivity contribution in [2.24, 2.45) is 0 Å². The Morgan fingerprint density at radius 3 is 2.40 bits per heavy atom. The smallest absolute Gasteiger partial charge is 0.240 e. The molecule has 0 aliphatic heterocycles. The van der Waals surface area contributed by atoms with Crippen LogP contribution in [0.3, 0.4) is 0 Å². The van der Waals surface area contributed by atoms with Crippen LogP contribution in [0.25, 0.3) is 0 Å². The zero-order valence-corrected chi connectivity index (χ0v) is 9.87. The van der Waals surface area contributed by atoms with Gasteiger partial charge in [0.1, 0.15) is 0 Å². The minimum atomic E-state index is -4.47. The van der Waals surface area contributed by atoms with Crippen molar-refractivity contribution in [2.75, 3.05) is 0 Å². The highest BCUT2D eigenvalue weighted by Gasteiger charge is 2.27. The van der Waals surface area contributed by atoms with Crippen molar-refractivity contribution >= 4 is 35.7 Å². The average molecular weight is 325 g/mol. The van der Waals surface area contributed by atoms with E-state index in [9.17, 15) is 21.6 Å². The Kier molecular flexibility index (Phi) is 3.62. The minimum Gasteiger partial charge on any atom is -0.240 e. The van der Waals surface area contributed by atoms with Crippen LogP contribution in [0.2, 0.25) is 0 Å². The molecule has 0 unspecified atom stereocenters. The van der Waals surface area contributed by atoms with Gasteiger partial charge in [-0.1, -0.05) is 0 Å². The maximum Gasteiger partial charge on any atom is 0.281 e. The van der Waals surface area contributed by atoms with Gasteiger partial charge >= 0.3 is 0 Å². The highest BCUT2D eigenvalue weighted by molar-refractivity contribution is 9.10. The lowest BCUT2D eigenvalue weighted by molar-refractivity contribution is 0.144. The van der Waals surface area contributed by atoms with Crippen LogP contribution in [0.1, 0.15) is 12.0 Å². The van der Waals surface area contributed by atoms with E-state index in [4.69, 9.17) is 10.7 Å². The maximum atomic E-state index is 13.2. The summed E-state index contributed by atoms with van der Waals surface area (Å²) in [7, 11) is 0.328. The van der Waals surface area contributed by atoms with Gasteiger partial charge in [-0.2, -0.15) is 0 Å². The quantitative estimate of drug-likeness (QED) is 0.786. The molecule has 1 heterocycles. The van der Waals surface area contributed by atoms with Crippen molar-refractivity contribution in [3.05, 3.63) is 22.1 Å². The summed E-state index contributed by atoms with van der Waals surface area (Å²) in [4.78, 5) is 3.12. The topological polar surface area (TPSA) is 47.0 Å². The first-order chi connectivity index (χ1) is 6.75. The van der Waals surface area contributed by atoms with Crippen LogP contribution in [0.4, 0.5) is 13.2 Å². The predicted molar refractivity (Wildman–Crippen MR) is 49.9 cm³/mol. The fraction of sp³-hybridized carbons (Fsp3) is 0.167. The van der Waals surface area contributed by atoms with E-state index in [0.29, 0.717) is 0 Å². The SMILES string of the molecule is O=S(=O)(Cl)c1ncc(Br)c(C(F)F)c1F. The Morgan fingerprint density at radius 2 is 2.00 bits per heavy atom. The van der Waals surface area contributed by atoms with Gasteiger partial charge < -0.3 is 0 Å². The van der Waals surface area contributed by atoms with Crippen LogP contribution in [0.15, 0.2) is 15.7 Å². The summed E-state index contributed by atoms with van der Waals surface area (Å²) in [6, 6.07) is 0. The van der Waals surface area contributed by atoms with Crippen LogP contribution in [-0.2, 0) is 9.05 Å². The lowest BCUT2D eigenvalue weighted by atomic mass is 10.3. The van der Waals surface area contributed by atoms with Gasteiger partial charge in [-0.15, -0.1) is 0 Å². The summed E-state index contributed by atoms with van der Waals surface area (Å²) in [5.41, 5.74) is -1.08. The molecule has 0 saturated carbocycles. The van der Waals surface area contributed by atoms with Crippen LogP contribution in [-0.4, -0.2) is 13.4 Å². The standard InChI is InChI=1S/C6H2BrClF3NO2S/c7-2-1-12-6(15(8,13)14)4(9)3(2)5(10)11/h1,5H. The van der Waals surface area contributed by atoms with E-state index in [-0.39, 0.29) is 4.47 Å². The van der Waals surface area contributed by atoms with Crippen LogP contribution in [0.5, 0.6) is 0 Å². The third-order valence-electron chi connectivity index (χ3n) is 1.43. The molecule has 1 rings (SSSR count). The van der Waals surface area contributed by atoms with Gasteiger partial charge in [-0.05, 0) is 15.9 Å². The first-order valence-corrected chi connectivity index (χ1v) is 6.42. The van der Waals surface area contributed by atoms with Crippen LogP contribution >= 0.6 is 26.6 Å². The van der Waals surface area contributed by atoms with E-state index in [1.54, 1.807) is 0 Å². The lowest BCUT2D eigenvalue weighted by Gasteiger charge is -2.06. The zero-order chi connectivity index (χ0) is 11.8. The number of nitrogens with zero attached hydrogens (tertiary/aromatic N) is 1. The summed E-state index contributed by atoms with van der Waals surface area (Å²) >= 11 is 2.63. The highest BCUT2D eigenvalue weighted by Crippen LogP contribution is 2.32. The molecule has 0 aliphatic rings. The number of pyridine rings is 1. The van der Waals surface area contributed by atoms with Crippen molar-refractivity contribution in [3.8, 4) is 0 Å². The van der Waals surface area contributed by atoms with Gasteiger partial charge in [-0.25, -0.2) is 26.6 Å². The van der Waals surface area contributed by atoms with E-state index in [1.807, 2.05) is 0 Å². The third kappa shape index (κ3) is 2.61. The average Bonchev–Trinajstić information content (AvgIpc) is 2.00. The second-order valence-electron chi connectivity index (χ2n) is 2.38. The molecule has 1 aromatic heterocycles. The largest absolute Gasteiger partial charge is 0.281 e. The van der Waals surface area contributed by atoms with E-state index < -0.39 is 31.9 Å². The molecule has 0 N–H and O–H groups in total. The first kappa shape index (κ1) is 12.7. The molecule has 3 nitrogen and oxygen atoms in total. The van der Waals surface area contributed by atoms with E-state index >= 15 is 0 Å². The van der Waals surface area contributed by atoms with Crippen molar-refractivity contribution in [2.45, 2.75) is 11.5 Å². The molecule has 0 aliphatic carbocycles. The number of hydrogen-bond donors (Lipinski definition) is 0. The second kappa shape index (κ2) is 4.26. The van der Waals surface area contributed by atoms with E-state index in [1.165, 1.54) is 0 Å². The molecule has 15 heavy (non-hydrogen) atoms. The molecular formula is C6H2BrClF3NO2S. The van der Waals surface area contributed by atoms with Crippen molar-refractivity contribution in [1.82, 2.24) is 4.98 Å². The monoisotopic (exact) mass is 323 g/mol. The summed E-state index contributed by atoms with van der Waals surface area (Å²) < 4.78 is 59.1. The molecule has 0 fully saturated rings. The summed E-state index contributed by atoms with van der Waals surface area (Å²) in [6.45, 7) is 0. The summed E-state index contributed by atoms with van der Waals surface area (Å²) in [5.74, 6) is -1.64. The Morgan fingerprint density at radius 1 is 1.47 bits per heavy atom. The van der Waals surface area contributed by atoms with Gasteiger partial charge in [0.05, 0.1) is 5.56 Å². The summed E-state index contributed by atoms with van der Waals surface area (Å²) in [5, 5.41) is -1.21. The predicted octanol–water partition coefficient (Wildman–Crippen LogP) is 2.85. The molecular weight excluding hydrogens is 322 g/mol. The molecule has 9 heteroatoms. The summed E-state index contributed by atoms with van der Waals surface area (Å²) in [6.07, 6.45) is -2.42. The third-order valence-corrected chi connectivity index (χ3v) is 3.24. The molecule has 0 amide bonds. The molecule has 0 spiro atoms. The van der Waals surface area contributed by atoms with E-state index in [2.05, 4.69) is 20.9 Å². The fourth-order valence-electron chi connectivity index (χ4n) is 0.832. The first-order valence-electron chi connectivity index (χ1n) is 3.32. The Hall–Kier alpha value is -0.340. The Bertz CT molecular complexity index is 493. The van der Waals surface area contributed by atoms with Gasteiger partial charge in [0.2, 0.25) is 5.03 Å². The van der Waals surface area contributed by atoms with Crippen LogP contribution in [0, 0.1) is 5.82 Å². The highest BCUT2D eigenvalue weighted by atomic mass is 79.9.